The molecule has 0 amide bonds. The molecule has 0 N–H and O–H groups in total. The van der Waals surface area contributed by atoms with E-state index in [0.29, 0.717) is 22.8 Å². The molecule has 0 aliphatic carbocycles. The van der Waals surface area contributed by atoms with E-state index in [4.69, 9.17) is 9.26 Å². The number of hydrogen-bond acceptors (Lipinski definition) is 5. The Morgan fingerprint density at radius 2 is 1.90 bits per heavy atom. The summed E-state index contributed by atoms with van der Waals surface area (Å²) in [6.07, 6.45) is -0.248. The minimum absolute atomic E-state index is 0.0407. The van der Waals surface area contributed by atoms with E-state index >= 15 is 0 Å². The van der Waals surface area contributed by atoms with Crippen molar-refractivity contribution < 1.29 is 17.7 Å². The van der Waals surface area contributed by atoms with Gasteiger partial charge in [-0.25, -0.2) is 8.42 Å². The van der Waals surface area contributed by atoms with Crippen LogP contribution in [0.4, 0.5) is 5.69 Å². The van der Waals surface area contributed by atoms with E-state index in [9.17, 15) is 8.42 Å². The molecule has 2 heterocycles. The Balaban J connectivity index is 1.88. The molecular weight excluding hydrogens is 388 g/mol. The second-order valence-corrected chi connectivity index (χ2v) is 9.50. The number of aromatic nitrogens is 1. The lowest BCUT2D eigenvalue weighted by molar-refractivity contribution is 0.219. The first-order chi connectivity index (χ1) is 13.8. The lowest BCUT2D eigenvalue weighted by Gasteiger charge is -2.34. The largest absolute Gasteiger partial charge is 0.487 e. The van der Waals surface area contributed by atoms with Gasteiger partial charge in [-0.3, -0.25) is 4.31 Å². The molecule has 29 heavy (non-hydrogen) atoms. The maximum atomic E-state index is 13.8. The third-order valence-corrected chi connectivity index (χ3v) is 6.84. The summed E-state index contributed by atoms with van der Waals surface area (Å²) in [5.74, 6) is 1.16. The first-order valence-electron chi connectivity index (χ1n) is 9.63. The Labute approximate surface area is 171 Å². The van der Waals surface area contributed by atoms with Gasteiger partial charge in [0.05, 0.1) is 22.8 Å². The zero-order valence-electron chi connectivity index (χ0n) is 16.9. The van der Waals surface area contributed by atoms with Gasteiger partial charge in [0.25, 0.3) is 10.0 Å². The molecule has 1 aliphatic heterocycles. The molecule has 3 aromatic rings. The van der Waals surface area contributed by atoms with Crippen molar-refractivity contribution in [1.29, 1.82) is 0 Å². The Kier molecular flexibility index (Phi) is 4.86. The highest BCUT2D eigenvalue weighted by Gasteiger charge is 2.34. The molecule has 0 saturated carbocycles. The van der Waals surface area contributed by atoms with Crippen molar-refractivity contribution in [2.45, 2.75) is 44.6 Å². The summed E-state index contributed by atoms with van der Waals surface area (Å²) < 4.78 is 40.3. The Hall–Kier alpha value is -2.80. The summed E-state index contributed by atoms with van der Waals surface area (Å²) in [7, 11) is -3.82. The van der Waals surface area contributed by atoms with Gasteiger partial charge in [0, 0.05) is 11.6 Å². The first kappa shape index (κ1) is 19.5. The van der Waals surface area contributed by atoms with Gasteiger partial charge in [0.15, 0.2) is 5.76 Å². The molecule has 0 bridgehead atoms. The van der Waals surface area contributed by atoms with E-state index in [1.807, 2.05) is 52.0 Å². The third-order valence-electron chi connectivity index (χ3n) is 5.00. The van der Waals surface area contributed by atoms with Crippen LogP contribution in [0.3, 0.4) is 0 Å². The summed E-state index contributed by atoms with van der Waals surface area (Å²) in [5.41, 5.74) is 2.75. The molecule has 0 unspecified atom stereocenters. The molecule has 152 valence electrons. The predicted octanol–water partition coefficient (Wildman–Crippen LogP) is 4.75. The van der Waals surface area contributed by atoms with Gasteiger partial charge < -0.3 is 9.26 Å². The number of fused-ring (bicyclic) bond motifs is 1. The second kappa shape index (κ2) is 7.22. The maximum Gasteiger partial charge on any atom is 0.264 e. The van der Waals surface area contributed by atoms with Gasteiger partial charge in [-0.05, 0) is 43.5 Å². The normalized spacial score (nSPS) is 16.6. The van der Waals surface area contributed by atoms with Crippen LogP contribution in [0.5, 0.6) is 5.75 Å². The summed E-state index contributed by atoms with van der Waals surface area (Å²) in [5, 5.41) is 3.92. The minimum Gasteiger partial charge on any atom is -0.487 e. The van der Waals surface area contributed by atoms with Crippen LogP contribution >= 0.6 is 0 Å². The number of ether oxygens (including phenoxy) is 1. The SMILES string of the molecule is Cc1cc(-c2ccc(C(C)C)c(S(=O)(=O)N3C[C@H](C)Oc4ccccc43)c2)on1. The summed E-state index contributed by atoms with van der Waals surface area (Å²) in [6.45, 7) is 7.93. The Morgan fingerprint density at radius 1 is 1.14 bits per heavy atom. The molecule has 4 rings (SSSR count). The number of rotatable bonds is 4. The number of nitrogens with zero attached hydrogens (tertiary/aromatic N) is 2. The average molecular weight is 413 g/mol. The van der Waals surface area contributed by atoms with E-state index in [1.165, 1.54) is 4.31 Å². The molecule has 0 fully saturated rings. The zero-order valence-corrected chi connectivity index (χ0v) is 17.7. The van der Waals surface area contributed by atoms with Crippen molar-refractivity contribution in [3.63, 3.8) is 0 Å². The number of anilines is 1. The van der Waals surface area contributed by atoms with Crippen molar-refractivity contribution in [3.8, 4) is 17.1 Å². The summed E-state index contributed by atoms with van der Waals surface area (Å²) >= 11 is 0. The van der Waals surface area contributed by atoms with Crippen LogP contribution in [0, 0.1) is 6.92 Å². The topological polar surface area (TPSA) is 72.6 Å². The van der Waals surface area contributed by atoms with Crippen LogP contribution in [0.25, 0.3) is 11.3 Å². The summed E-state index contributed by atoms with van der Waals surface area (Å²) in [6, 6.07) is 14.5. The molecule has 0 spiro atoms. The Morgan fingerprint density at radius 3 is 2.59 bits per heavy atom. The van der Waals surface area contributed by atoms with Gasteiger partial charge in [-0.1, -0.05) is 43.3 Å². The molecular formula is C22H24N2O4S. The quantitative estimate of drug-likeness (QED) is 0.618. The van der Waals surface area contributed by atoms with Crippen molar-refractivity contribution in [3.05, 3.63) is 59.8 Å². The minimum atomic E-state index is -3.82. The van der Waals surface area contributed by atoms with E-state index in [2.05, 4.69) is 5.16 Å². The van der Waals surface area contributed by atoms with Crippen LogP contribution in [-0.4, -0.2) is 26.2 Å². The zero-order chi connectivity index (χ0) is 20.8. The molecule has 0 radical (unpaired) electrons. The molecule has 6 nitrogen and oxygen atoms in total. The lowest BCUT2D eigenvalue weighted by atomic mass is 10.0. The van der Waals surface area contributed by atoms with Crippen molar-refractivity contribution in [2.24, 2.45) is 0 Å². The van der Waals surface area contributed by atoms with E-state index in [1.54, 1.807) is 24.3 Å². The predicted molar refractivity (Wildman–Crippen MR) is 112 cm³/mol. The maximum absolute atomic E-state index is 13.8. The highest BCUT2D eigenvalue weighted by molar-refractivity contribution is 7.93. The number of hydrogen-bond donors (Lipinski definition) is 0. The van der Waals surface area contributed by atoms with Crippen LogP contribution in [-0.2, 0) is 10.0 Å². The molecule has 1 aliphatic rings. The molecule has 1 atom stereocenters. The standard InChI is InChI=1S/C22H24N2O4S/c1-14(2)18-10-9-17(21-11-15(3)23-28-21)12-22(18)29(25,26)24-13-16(4)27-20-8-6-5-7-19(20)24/h5-12,14,16H,13H2,1-4H3/t16-/m0/s1. The van der Waals surface area contributed by atoms with Crippen LogP contribution in [0.15, 0.2) is 57.9 Å². The fourth-order valence-electron chi connectivity index (χ4n) is 3.58. The van der Waals surface area contributed by atoms with Gasteiger partial charge in [0.1, 0.15) is 11.9 Å². The lowest BCUT2D eigenvalue weighted by Crippen LogP contribution is -2.42. The van der Waals surface area contributed by atoms with Gasteiger partial charge in [-0.15, -0.1) is 0 Å². The number of para-hydroxylation sites is 2. The highest BCUT2D eigenvalue weighted by atomic mass is 32.2. The van der Waals surface area contributed by atoms with E-state index in [-0.39, 0.29) is 23.5 Å². The fourth-order valence-corrected chi connectivity index (χ4v) is 5.51. The number of aryl methyl sites for hydroxylation is 1. The first-order valence-corrected chi connectivity index (χ1v) is 11.1. The molecule has 0 saturated heterocycles. The molecule has 2 aromatic carbocycles. The monoisotopic (exact) mass is 412 g/mol. The van der Waals surface area contributed by atoms with Crippen molar-refractivity contribution >= 4 is 15.7 Å². The van der Waals surface area contributed by atoms with Gasteiger partial charge >= 0.3 is 0 Å². The van der Waals surface area contributed by atoms with E-state index < -0.39 is 10.0 Å². The molecule has 7 heteroatoms. The average Bonchev–Trinajstić information content (AvgIpc) is 3.13. The van der Waals surface area contributed by atoms with Crippen molar-refractivity contribution in [2.75, 3.05) is 10.8 Å². The van der Waals surface area contributed by atoms with Crippen LogP contribution < -0.4 is 9.04 Å². The third kappa shape index (κ3) is 3.51. The van der Waals surface area contributed by atoms with Crippen molar-refractivity contribution in [1.82, 2.24) is 5.16 Å². The van der Waals surface area contributed by atoms with Gasteiger partial charge in [0.2, 0.25) is 0 Å². The highest BCUT2D eigenvalue weighted by Crippen LogP contribution is 2.39. The fraction of sp³-hybridized carbons (Fsp3) is 0.318. The summed E-state index contributed by atoms with van der Waals surface area (Å²) in [4.78, 5) is 0.281. The number of sulfonamides is 1. The van der Waals surface area contributed by atoms with Crippen LogP contribution in [0.2, 0.25) is 0 Å². The number of benzene rings is 2. The van der Waals surface area contributed by atoms with Crippen LogP contribution in [0.1, 0.15) is 37.9 Å². The second-order valence-electron chi connectivity index (χ2n) is 7.67. The van der Waals surface area contributed by atoms with Gasteiger partial charge in [-0.2, -0.15) is 0 Å². The Bertz CT molecular complexity index is 1150. The smallest absolute Gasteiger partial charge is 0.264 e. The molecule has 1 aromatic heterocycles. The van der Waals surface area contributed by atoms with E-state index in [0.717, 1.165) is 11.3 Å².